The maximum absolute atomic E-state index is 12.5. The number of benzene rings is 1. The van der Waals surface area contributed by atoms with Gasteiger partial charge in [0.1, 0.15) is 11.7 Å². The lowest BCUT2D eigenvalue weighted by molar-refractivity contribution is -0.129. The number of carbonyl (C=O) groups excluding carboxylic acids is 2. The predicted octanol–water partition coefficient (Wildman–Crippen LogP) is 2.05. The molecule has 1 aromatic carbocycles. The molecule has 136 valence electrons. The van der Waals surface area contributed by atoms with E-state index in [0.717, 1.165) is 12.0 Å². The predicted molar refractivity (Wildman–Crippen MR) is 98.0 cm³/mol. The van der Waals surface area contributed by atoms with E-state index in [2.05, 4.69) is 10.3 Å². The van der Waals surface area contributed by atoms with Gasteiger partial charge in [0.2, 0.25) is 11.8 Å². The zero-order valence-corrected chi connectivity index (χ0v) is 14.9. The highest BCUT2D eigenvalue weighted by Gasteiger charge is 2.28. The summed E-state index contributed by atoms with van der Waals surface area (Å²) in [5.74, 6) is 0.207. The average Bonchev–Trinajstić information content (AvgIpc) is 3.12. The van der Waals surface area contributed by atoms with E-state index in [1.165, 1.54) is 0 Å². The first-order valence-electron chi connectivity index (χ1n) is 8.89. The van der Waals surface area contributed by atoms with Gasteiger partial charge in [-0.05, 0) is 24.6 Å². The summed E-state index contributed by atoms with van der Waals surface area (Å²) in [5.41, 5.74) is 1.42. The van der Waals surface area contributed by atoms with E-state index < -0.39 is 0 Å². The topological polar surface area (TPSA) is 71.5 Å². The number of likely N-dealkylation sites (tertiary alicyclic amines) is 1. The summed E-state index contributed by atoms with van der Waals surface area (Å²) < 4.78 is 5.94. The van der Waals surface area contributed by atoms with E-state index in [9.17, 15) is 9.59 Å². The van der Waals surface area contributed by atoms with Gasteiger partial charge >= 0.3 is 0 Å². The second-order valence-electron chi connectivity index (χ2n) is 6.25. The Morgan fingerprint density at radius 3 is 2.81 bits per heavy atom. The fraction of sp³-hybridized carbons (Fsp3) is 0.350. The molecule has 3 rings (SSSR count). The van der Waals surface area contributed by atoms with Crippen LogP contribution in [0, 0.1) is 0 Å². The summed E-state index contributed by atoms with van der Waals surface area (Å²) in [6.45, 7) is 3.57. The molecule has 1 unspecified atom stereocenters. The van der Waals surface area contributed by atoms with Crippen molar-refractivity contribution in [1.82, 2.24) is 15.2 Å². The summed E-state index contributed by atoms with van der Waals surface area (Å²) in [4.78, 5) is 30.6. The molecule has 1 fully saturated rings. The Hall–Kier alpha value is -2.89. The zero-order chi connectivity index (χ0) is 18.4. The van der Waals surface area contributed by atoms with E-state index in [4.69, 9.17) is 4.74 Å². The summed E-state index contributed by atoms with van der Waals surface area (Å²) >= 11 is 0. The lowest BCUT2D eigenvalue weighted by Gasteiger charge is -2.18. The van der Waals surface area contributed by atoms with Crippen molar-refractivity contribution in [2.45, 2.75) is 25.9 Å². The van der Waals surface area contributed by atoms with Gasteiger partial charge in [0.25, 0.3) is 5.91 Å². The van der Waals surface area contributed by atoms with Crippen LogP contribution in [0.2, 0.25) is 0 Å². The third-order valence-electron chi connectivity index (χ3n) is 4.33. The third kappa shape index (κ3) is 4.39. The number of nitrogens with zero attached hydrogens (tertiary/aromatic N) is 2. The molecule has 1 aromatic heterocycles. The van der Waals surface area contributed by atoms with Crippen molar-refractivity contribution in [1.29, 1.82) is 0 Å². The van der Waals surface area contributed by atoms with Crippen molar-refractivity contribution in [2.75, 3.05) is 19.6 Å². The van der Waals surface area contributed by atoms with E-state index in [1.54, 1.807) is 18.3 Å². The monoisotopic (exact) mass is 353 g/mol. The van der Waals surface area contributed by atoms with Gasteiger partial charge in [0.15, 0.2) is 0 Å². The summed E-state index contributed by atoms with van der Waals surface area (Å²) in [6, 6.07) is 13.1. The maximum Gasteiger partial charge on any atom is 0.256 e. The van der Waals surface area contributed by atoms with Gasteiger partial charge < -0.3 is 15.0 Å². The smallest absolute Gasteiger partial charge is 0.256 e. The molecule has 6 heteroatoms. The van der Waals surface area contributed by atoms with Crippen LogP contribution in [0.15, 0.2) is 48.7 Å². The molecule has 0 saturated carbocycles. The molecule has 2 heterocycles. The highest BCUT2D eigenvalue weighted by Crippen LogP contribution is 2.21. The number of aromatic nitrogens is 1. The molecule has 6 nitrogen and oxygen atoms in total. The fourth-order valence-corrected chi connectivity index (χ4v) is 3.00. The number of pyridine rings is 1. The zero-order valence-electron chi connectivity index (χ0n) is 14.9. The summed E-state index contributed by atoms with van der Waals surface area (Å²) in [7, 11) is 0. The second kappa shape index (κ2) is 8.47. The lowest BCUT2D eigenvalue weighted by atomic mass is 10.1. The van der Waals surface area contributed by atoms with Crippen molar-refractivity contribution < 1.29 is 14.3 Å². The van der Waals surface area contributed by atoms with Crippen LogP contribution in [0.4, 0.5) is 0 Å². The van der Waals surface area contributed by atoms with Gasteiger partial charge in [-0.25, -0.2) is 4.98 Å². The highest BCUT2D eigenvalue weighted by atomic mass is 16.5. The summed E-state index contributed by atoms with van der Waals surface area (Å²) in [5, 5.41) is 2.76. The van der Waals surface area contributed by atoms with Gasteiger partial charge in [-0.2, -0.15) is 0 Å². The highest BCUT2D eigenvalue weighted by molar-refractivity contribution is 5.96. The standard InChI is InChI=1S/C20H23N3O3/c1-2-21-19(25)17-9-6-11-22-20(17)26-16-10-12-23(14-16)18(24)13-15-7-4-3-5-8-15/h3-9,11,16H,2,10,12-14H2,1H3,(H,21,25). The molecule has 2 aromatic rings. The van der Waals surface area contributed by atoms with Crippen molar-refractivity contribution in [3.63, 3.8) is 0 Å². The third-order valence-corrected chi connectivity index (χ3v) is 4.33. The number of nitrogens with one attached hydrogen (secondary N) is 1. The normalized spacial score (nSPS) is 16.3. The Balaban J connectivity index is 1.60. The molecule has 26 heavy (non-hydrogen) atoms. The summed E-state index contributed by atoms with van der Waals surface area (Å²) in [6.07, 6.45) is 2.57. The van der Waals surface area contributed by atoms with Gasteiger partial charge in [-0.3, -0.25) is 9.59 Å². The first-order valence-corrected chi connectivity index (χ1v) is 8.89. The van der Waals surface area contributed by atoms with Gasteiger partial charge in [0.05, 0.1) is 13.0 Å². The number of rotatable bonds is 6. The Morgan fingerprint density at radius 1 is 1.23 bits per heavy atom. The van der Waals surface area contributed by atoms with Crippen LogP contribution < -0.4 is 10.1 Å². The van der Waals surface area contributed by atoms with Crippen LogP contribution >= 0.6 is 0 Å². The van der Waals surface area contributed by atoms with Gasteiger partial charge in [0, 0.05) is 25.7 Å². The Kier molecular flexibility index (Phi) is 5.84. The van der Waals surface area contributed by atoms with Gasteiger partial charge in [-0.1, -0.05) is 30.3 Å². The SMILES string of the molecule is CCNC(=O)c1cccnc1OC1CCN(C(=O)Cc2ccccc2)C1. The molecule has 1 atom stereocenters. The molecule has 0 spiro atoms. The van der Waals surface area contributed by atoms with Crippen LogP contribution in [0.25, 0.3) is 0 Å². The molecule has 1 saturated heterocycles. The average molecular weight is 353 g/mol. The molecular weight excluding hydrogens is 330 g/mol. The molecule has 0 bridgehead atoms. The van der Waals surface area contributed by atoms with Crippen molar-refractivity contribution in [3.8, 4) is 5.88 Å². The molecule has 0 radical (unpaired) electrons. The van der Waals surface area contributed by atoms with Crippen LogP contribution in [0.5, 0.6) is 5.88 Å². The Bertz CT molecular complexity index is 764. The van der Waals surface area contributed by atoms with Crippen molar-refractivity contribution in [3.05, 3.63) is 59.8 Å². The van der Waals surface area contributed by atoms with Crippen molar-refractivity contribution >= 4 is 11.8 Å². The first kappa shape index (κ1) is 17.9. The number of amides is 2. The fourth-order valence-electron chi connectivity index (χ4n) is 3.00. The Labute approximate surface area is 153 Å². The maximum atomic E-state index is 12.5. The van der Waals surface area contributed by atoms with Crippen LogP contribution in [0.3, 0.4) is 0 Å². The molecule has 1 aliphatic heterocycles. The van der Waals surface area contributed by atoms with Crippen LogP contribution in [0.1, 0.15) is 29.3 Å². The minimum atomic E-state index is -0.203. The van der Waals surface area contributed by atoms with E-state index in [0.29, 0.717) is 37.5 Å². The second-order valence-corrected chi connectivity index (χ2v) is 6.25. The quantitative estimate of drug-likeness (QED) is 0.863. The Morgan fingerprint density at radius 2 is 2.04 bits per heavy atom. The van der Waals surface area contributed by atoms with E-state index in [1.807, 2.05) is 42.2 Å². The first-order chi connectivity index (χ1) is 12.7. The molecule has 0 aliphatic carbocycles. The molecule has 2 amide bonds. The van der Waals surface area contributed by atoms with E-state index >= 15 is 0 Å². The van der Waals surface area contributed by atoms with Gasteiger partial charge in [-0.15, -0.1) is 0 Å². The lowest BCUT2D eigenvalue weighted by Crippen LogP contribution is -2.32. The largest absolute Gasteiger partial charge is 0.472 e. The minimum Gasteiger partial charge on any atom is -0.472 e. The van der Waals surface area contributed by atoms with Crippen molar-refractivity contribution in [2.24, 2.45) is 0 Å². The number of hydrogen-bond acceptors (Lipinski definition) is 4. The van der Waals surface area contributed by atoms with Crippen LogP contribution in [-0.4, -0.2) is 47.4 Å². The molecular formula is C20H23N3O3. The van der Waals surface area contributed by atoms with E-state index in [-0.39, 0.29) is 17.9 Å². The number of hydrogen-bond donors (Lipinski definition) is 1. The number of ether oxygens (including phenoxy) is 1. The molecule has 1 aliphatic rings. The van der Waals surface area contributed by atoms with Crippen LogP contribution in [-0.2, 0) is 11.2 Å². The molecule has 1 N–H and O–H groups in total. The number of carbonyl (C=O) groups is 2. The minimum absolute atomic E-state index is 0.0901.